The maximum absolute atomic E-state index is 12.1. The topological polar surface area (TPSA) is 92.7 Å². The van der Waals surface area contributed by atoms with Crippen LogP contribution in [0.25, 0.3) is 0 Å². The second kappa shape index (κ2) is 5.90. The summed E-state index contributed by atoms with van der Waals surface area (Å²) in [5.41, 5.74) is 1.88. The fourth-order valence-electron chi connectivity index (χ4n) is 2.12. The number of aryl methyl sites for hydroxylation is 3. The first-order chi connectivity index (χ1) is 9.86. The number of amides is 1. The van der Waals surface area contributed by atoms with Crippen LogP contribution in [0.15, 0.2) is 17.1 Å². The van der Waals surface area contributed by atoms with Gasteiger partial charge in [-0.15, -0.1) is 0 Å². The molecule has 1 amide bonds. The van der Waals surface area contributed by atoms with E-state index in [0.717, 1.165) is 5.69 Å². The van der Waals surface area contributed by atoms with Crippen LogP contribution in [0, 0.1) is 20.8 Å². The zero-order valence-corrected chi connectivity index (χ0v) is 12.6. The van der Waals surface area contributed by atoms with E-state index in [4.69, 9.17) is 0 Å². The quantitative estimate of drug-likeness (QED) is 0.869. The summed E-state index contributed by atoms with van der Waals surface area (Å²) in [6.45, 7) is 7.20. The predicted molar refractivity (Wildman–Crippen MR) is 77.9 cm³/mol. The van der Waals surface area contributed by atoms with Crippen molar-refractivity contribution in [3.8, 4) is 0 Å². The molecular formula is C14H19N5O2. The van der Waals surface area contributed by atoms with Gasteiger partial charge in [-0.2, -0.15) is 4.98 Å². The number of hydrogen-bond donors (Lipinski definition) is 2. The van der Waals surface area contributed by atoms with Crippen LogP contribution in [-0.2, 0) is 11.3 Å². The minimum Gasteiger partial charge on any atom is -0.345 e. The summed E-state index contributed by atoms with van der Waals surface area (Å²) in [4.78, 5) is 34.9. The molecule has 1 atom stereocenters. The monoisotopic (exact) mass is 289 g/mol. The summed E-state index contributed by atoms with van der Waals surface area (Å²) in [5.74, 6) is 0.430. The Bertz CT molecular complexity index is 716. The van der Waals surface area contributed by atoms with E-state index in [1.165, 1.54) is 4.57 Å². The summed E-state index contributed by atoms with van der Waals surface area (Å²) in [6.07, 6.45) is 1.70. The second-order valence-corrected chi connectivity index (χ2v) is 5.15. The van der Waals surface area contributed by atoms with Gasteiger partial charge in [0.15, 0.2) is 0 Å². The van der Waals surface area contributed by atoms with Gasteiger partial charge in [-0.3, -0.25) is 9.36 Å². The first kappa shape index (κ1) is 15.0. The first-order valence-electron chi connectivity index (χ1n) is 6.72. The van der Waals surface area contributed by atoms with Gasteiger partial charge in [0.1, 0.15) is 12.4 Å². The second-order valence-electron chi connectivity index (χ2n) is 5.15. The lowest BCUT2D eigenvalue weighted by molar-refractivity contribution is -0.122. The first-order valence-corrected chi connectivity index (χ1v) is 6.72. The smallest absolute Gasteiger partial charge is 0.345 e. The third kappa shape index (κ3) is 3.56. The lowest BCUT2D eigenvalue weighted by atomic mass is 10.3. The predicted octanol–water partition coefficient (Wildman–Crippen LogP) is 0.769. The number of aromatic amines is 1. The molecule has 2 aromatic rings. The van der Waals surface area contributed by atoms with Crippen molar-refractivity contribution in [3.63, 3.8) is 0 Å². The molecule has 0 aliphatic rings. The molecule has 7 nitrogen and oxygen atoms in total. The van der Waals surface area contributed by atoms with Crippen molar-refractivity contribution in [1.29, 1.82) is 0 Å². The Morgan fingerprint density at radius 3 is 2.71 bits per heavy atom. The maximum Gasteiger partial charge on any atom is 0.348 e. The van der Waals surface area contributed by atoms with E-state index in [1.807, 2.05) is 13.8 Å². The summed E-state index contributed by atoms with van der Waals surface area (Å²) in [7, 11) is 0. The molecule has 2 rings (SSSR count). The van der Waals surface area contributed by atoms with E-state index in [1.54, 1.807) is 26.1 Å². The molecule has 0 saturated carbocycles. The van der Waals surface area contributed by atoms with Crippen molar-refractivity contribution in [2.24, 2.45) is 0 Å². The highest BCUT2D eigenvalue weighted by Gasteiger charge is 2.14. The van der Waals surface area contributed by atoms with Crippen molar-refractivity contribution in [1.82, 2.24) is 24.8 Å². The Balaban J connectivity index is 2.07. The van der Waals surface area contributed by atoms with E-state index in [-0.39, 0.29) is 18.5 Å². The van der Waals surface area contributed by atoms with Crippen molar-refractivity contribution >= 4 is 5.91 Å². The summed E-state index contributed by atoms with van der Waals surface area (Å²) in [6, 6.07) is 1.52. The summed E-state index contributed by atoms with van der Waals surface area (Å²) in [5, 5.41) is 2.81. The largest absolute Gasteiger partial charge is 0.348 e. The summed E-state index contributed by atoms with van der Waals surface area (Å²) >= 11 is 0. The molecule has 112 valence electrons. The number of carbonyl (C=O) groups is 1. The standard InChI is InChI=1S/C14H19N5O2/c1-8-5-10(3)19(14(21)17-8)7-12(20)18-11(4)13-15-6-9(2)16-13/h5-6,11H,7H2,1-4H3,(H,15,16)(H,18,20). The third-order valence-electron chi connectivity index (χ3n) is 3.16. The molecule has 0 spiro atoms. The molecule has 21 heavy (non-hydrogen) atoms. The molecule has 7 heteroatoms. The van der Waals surface area contributed by atoms with Gasteiger partial charge in [0, 0.05) is 23.3 Å². The normalized spacial score (nSPS) is 12.2. The van der Waals surface area contributed by atoms with Crippen LogP contribution in [0.4, 0.5) is 0 Å². The number of rotatable bonds is 4. The van der Waals surface area contributed by atoms with Crippen molar-refractivity contribution in [2.45, 2.75) is 40.3 Å². The number of carbonyl (C=O) groups excluding carboxylic acids is 1. The number of H-pyrrole nitrogens is 1. The van der Waals surface area contributed by atoms with E-state index in [0.29, 0.717) is 17.2 Å². The average molecular weight is 289 g/mol. The van der Waals surface area contributed by atoms with Crippen LogP contribution < -0.4 is 11.0 Å². The average Bonchev–Trinajstić information content (AvgIpc) is 2.80. The van der Waals surface area contributed by atoms with Gasteiger partial charge in [0.25, 0.3) is 0 Å². The molecule has 1 unspecified atom stereocenters. The van der Waals surface area contributed by atoms with Crippen LogP contribution in [0.1, 0.15) is 35.9 Å². The van der Waals surface area contributed by atoms with Crippen molar-refractivity contribution < 1.29 is 4.79 Å². The van der Waals surface area contributed by atoms with Crippen LogP contribution in [0.2, 0.25) is 0 Å². The highest BCUT2D eigenvalue weighted by atomic mass is 16.2. The van der Waals surface area contributed by atoms with E-state index in [9.17, 15) is 9.59 Å². The van der Waals surface area contributed by atoms with Gasteiger partial charge in [0.2, 0.25) is 5.91 Å². The molecule has 0 fully saturated rings. The minimum atomic E-state index is -0.413. The SMILES string of the molecule is Cc1cc(C)n(CC(=O)NC(C)c2ncc(C)[nH]2)c(=O)n1. The number of imidazole rings is 1. The Kier molecular flexibility index (Phi) is 4.21. The molecule has 0 bridgehead atoms. The molecule has 0 aliphatic heterocycles. The van der Waals surface area contributed by atoms with Crippen LogP contribution in [0.5, 0.6) is 0 Å². The highest BCUT2D eigenvalue weighted by Crippen LogP contribution is 2.07. The molecule has 2 aromatic heterocycles. The minimum absolute atomic E-state index is 0.0536. The Labute approximate surface area is 122 Å². The number of hydrogen-bond acceptors (Lipinski definition) is 4. The Hall–Kier alpha value is -2.44. The molecular weight excluding hydrogens is 270 g/mol. The lowest BCUT2D eigenvalue weighted by Gasteiger charge is -2.13. The Morgan fingerprint density at radius 2 is 2.14 bits per heavy atom. The molecule has 0 radical (unpaired) electrons. The molecule has 0 aromatic carbocycles. The molecule has 2 N–H and O–H groups in total. The van der Waals surface area contributed by atoms with Crippen LogP contribution >= 0.6 is 0 Å². The van der Waals surface area contributed by atoms with Gasteiger partial charge in [-0.25, -0.2) is 9.78 Å². The zero-order valence-electron chi connectivity index (χ0n) is 12.6. The highest BCUT2D eigenvalue weighted by molar-refractivity contribution is 5.76. The van der Waals surface area contributed by atoms with Crippen molar-refractivity contribution in [2.75, 3.05) is 0 Å². The van der Waals surface area contributed by atoms with Gasteiger partial charge in [-0.1, -0.05) is 0 Å². The maximum atomic E-state index is 12.1. The summed E-state index contributed by atoms with van der Waals surface area (Å²) < 4.78 is 1.35. The zero-order chi connectivity index (χ0) is 15.6. The fraction of sp³-hybridized carbons (Fsp3) is 0.429. The number of nitrogens with zero attached hydrogens (tertiary/aromatic N) is 3. The van der Waals surface area contributed by atoms with Gasteiger partial charge in [-0.05, 0) is 33.8 Å². The van der Waals surface area contributed by atoms with Gasteiger partial charge in [0.05, 0.1) is 6.04 Å². The van der Waals surface area contributed by atoms with E-state index < -0.39 is 5.69 Å². The number of aromatic nitrogens is 4. The van der Waals surface area contributed by atoms with E-state index in [2.05, 4.69) is 20.3 Å². The fourth-order valence-corrected chi connectivity index (χ4v) is 2.12. The lowest BCUT2D eigenvalue weighted by Crippen LogP contribution is -2.36. The Morgan fingerprint density at radius 1 is 1.43 bits per heavy atom. The molecule has 0 aliphatic carbocycles. The molecule has 2 heterocycles. The van der Waals surface area contributed by atoms with Gasteiger partial charge >= 0.3 is 5.69 Å². The van der Waals surface area contributed by atoms with Gasteiger partial charge < -0.3 is 10.3 Å². The van der Waals surface area contributed by atoms with Crippen LogP contribution in [-0.4, -0.2) is 25.4 Å². The van der Waals surface area contributed by atoms with E-state index >= 15 is 0 Å². The third-order valence-corrected chi connectivity index (χ3v) is 3.16. The van der Waals surface area contributed by atoms with Crippen LogP contribution in [0.3, 0.4) is 0 Å². The molecule has 0 saturated heterocycles. The van der Waals surface area contributed by atoms with Crippen molar-refractivity contribution in [3.05, 3.63) is 45.7 Å². The number of nitrogens with one attached hydrogen (secondary N) is 2.